The average Bonchev–Trinajstić information content (AvgIpc) is 2.03. The smallest absolute Gasteiger partial charge is 0.281 e. The Kier molecular flexibility index (Phi) is 2.44. The van der Waals surface area contributed by atoms with Gasteiger partial charge in [0.1, 0.15) is 0 Å². The van der Waals surface area contributed by atoms with E-state index in [1.165, 1.54) is 12.3 Å². The van der Waals surface area contributed by atoms with Crippen LogP contribution in [-0.2, 0) is 16.5 Å². The molecule has 0 aliphatic carbocycles. The van der Waals surface area contributed by atoms with Gasteiger partial charge in [0.25, 0.3) is 0 Å². The van der Waals surface area contributed by atoms with Gasteiger partial charge in [-0.1, -0.05) is 6.92 Å². The van der Waals surface area contributed by atoms with Gasteiger partial charge in [-0.05, 0) is 24.1 Å². The lowest BCUT2D eigenvalue weighted by molar-refractivity contribution is 0.479. The molecule has 1 aromatic rings. The van der Waals surface area contributed by atoms with Crippen LogP contribution in [0.1, 0.15) is 12.5 Å². The Morgan fingerprint density at radius 1 is 1.58 bits per heavy atom. The average molecular weight is 187 g/mol. The fourth-order valence-corrected chi connectivity index (χ4v) is 1.31. The molecular weight excluding hydrogens is 178 g/mol. The van der Waals surface area contributed by atoms with Crippen molar-refractivity contribution in [3.05, 3.63) is 23.9 Å². The minimum atomic E-state index is -4.15. The summed E-state index contributed by atoms with van der Waals surface area (Å²) in [5, 5.41) is -0.290. The summed E-state index contributed by atoms with van der Waals surface area (Å²) in [4.78, 5) is 3.52. The van der Waals surface area contributed by atoms with E-state index in [4.69, 9.17) is 4.55 Å². The summed E-state index contributed by atoms with van der Waals surface area (Å²) in [6.45, 7) is 1.89. The lowest BCUT2D eigenvalue weighted by Crippen LogP contribution is -2.01. The molecular formula is C7H9NO3S. The molecule has 1 aromatic heterocycles. The second-order valence-electron chi connectivity index (χ2n) is 2.33. The fourth-order valence-electron chi connectivity index (χ4n) is 0.811. The number of hydrogen-bond donors (Lipinski definition) is 1. The van der Waals surface area contributed by atoms with E-state index in [9.17, 15) is 8.42 Å². The molecule has 0 saturated heterocycles. The summed E-state index contributed by atoms with van der Waals surface area (Å²) >= 11 is 0. The molecule has 1 N–H and O–H groups in total. The van der Waals surface area contributed by atoms with E-state index >= 15 is 0 Å². The van der Waals surface area contributed by atoms with Crippen LogP contribution in [0, 0.1) is 0 Å². The summed E-state index contributed by atoms with van der Waals surface area (Å²) in [5.41, 5.74) is 0.831. The number of aryl methyl sites for hydroxylation is 1. The van der Waals surface area contributed by atoms with E-state index in [0.29, 0.717) is 6.42 Å². The molecule has 1 rings (SSSR count). The van der Waals surface area contributed by atoms with Crippen molar-refractivity contribution >= 4 is 10.1 Å². The third kappa shape index (κ3) is 2.02. The van der Waals surface area contributed by atoms with Gasteiger partial charge in [0.2, 0.25) is 0 Å². The van der Waals surface area contributed by atoms with Gasteiger partial charge in [0, 0.05) is 6.20 Å². The molecule has 12 heavy (non-hydrogen) atoms. The summed E-state index contributed by atoms with van der Waals surface area (Å²) in [7, 11) is -4.15. The maximum atomic E-state index is 10.6. The predicted octanol–water partition coefficient (Wildman–Crippen LogP) is 0.891. The van der Waals surface area contributed by atoms with Crippen molar-refractivity contribution in [3.8, 4) is 0 Å². The van der Waals surface area contributed by atoms with Crippen molar-refractivity contribution in [1.29, 1.82) is 0 Å². The molecule has 0 bridgehead atoms. The van der Waals surface area contributed by atoms with Crippen molar-refractivity contribution in [3.63, 3.8) is 0 Å². The van der Waals surface area contributed by atoms with Crippen LogP contribution in [0.4, 0.5) is 0 Å². The molecule has 66 valence electrons. The Morgan fingerprint density at radius 2 is 2.25 bits per heavy atom. The zero-order valence-electron chi connectivity index (χ0n) is 6.56. The summed E-state index contributed by atoms with van der Waals surface area (Å²) in [6.07, 6.45) is 2.08. The van der Waals surface area contributed by atoms with Crippen molar-refractivity contribution in [1.82, 2.24) is 4.98 Å². The maximum absolute atomic E-state index is 10.6. The van der Waals surface area contributed by atoms with Gasteiger partial charge >= 0.3 is 10.1 Å². The lowest BCUT2D eigenvalue weighted by Gasteiger charge is -1.97. The van der Waals surface area contributed by atoms with Gasteiger partial charge in [-0.2, -0.15) is 8.42 Å². The Balaban J connectivity index is 3.20. The third-order valence-corrected chi connectivity index (χ3v) is 2.22. The normalized spacial score (nSPS) is 11.5. The highest BCUT2D eigenvalue weighted by Gasteiger charge is 2.10. The highest BCUT2D eigenvalue weighted by atomic mass is 32.2. The molecule has 0 spiro atoms. The van der Waals surface area contributed by atoms with Crippen LogP contribution in [0.15, 0.2) is 23.4 Å². The molecule has 0 atom stereocenters. The second-order valence-corrected chi connectivity index (χ2v) is 3.70. The number of pyridine rings is 1. The van der Waals surface area contributed by atoms with Crippen LogP contribution in [0.2, 0.25) is 0 Å². The molecule has 1 heterocycles. The van der Waals surface area contributed by atoms with Gasteiger partial charge in [-0.3, -0.25) is 4.55 Å². The SMILES string of the molecule is CCc1ccnc(S(=O)(=O)O)c1. The first kappa shape index (κ1) is 9.15. The molecule has 0 saturated carbocycles. The zero-order chi connectivity index (χ0) is 9.19. The molecule has 5 heteroatoms. The molecule has 0 amide bonds. The Bertz CT molecular complexity index is 372. The minimum Gasteiger partial charge on any atom is -0.281 e. The topological polar surface area (TPSA) is 67.3 Å². The standard InChI is InChI=1S/C7H9NO3S/c1-2-6-3-4-8-7(5-6)12(9,10)11/h3-5H,2H2,1H3,(H,9,10,11). The van der Waals surface area contributed by atoms with Gasteiger partial charge in [-0.15, -0.1) is 0 Å². The molecule has 0 aliphatic heterocycles. The monoisotopic (exact) mass is 187 g/mol. The van der Waals surface area contributed by atoms with E-state index in [2.05, 4.69) is 4.98 Å². The first-order valence-corrected chi connectivity index (χ1v) is 4.90. The van der Waals surface area contributed by atoms with Crippen molar-refractivity contribution in [2.24, 2.45) is 0 Å². The summed E-state index contributed by atoms with van der Waals surface area (Å²) < 4.78 is 29.8. The highest BCUT2D eigenvalue weighted by Crippen LogP contribution is 2.07. The first-order chi connectivity index (χ1) is 5.54. The summed E-state index contributed by atoms with van der Waals surface area (Å²) in [6, 6.07) is 3.06. The van der Waals surface area contributed by atoms with E-state index in [1.807, 2.05) is 6.92 Å². The van der Waals surface area contributed by atoms with Gasteiger partial charge in [0.15, 0.2) is 5.03 Å². The second kappa shape index (κ2) is 3.20. The number of aromatic nitrogens is 1. The quantitative estimate of drug-likeness (QED) is 0.698. The largest absolute Gasteiger partial charge is 0.312 e. The minimum absolute atomic E-state index is 0.290. The van der Waals surface area contributed by atoms with Crippen molar-refractivity contribution in [2.75, 3.05) is 0 Å². The van der Waals surface area contributed by atoms with E-state index in [1.54, 1.807) is 6.07 Å². The Labute approximate surface area is 71.0 Å². The summed E-state index contributed by atoms with van der Waals surface area (Å²) in [5.74, 6) is 0. The lowest BCUT2D eigenvalue weighted by atomic mass is 10.2. The molecule has 0 radical (unpaired) electrons. The number of nitrogens with zero attached hydrogens (tertiary/aromatic N) is 1. The molecule has 0 aromatic carbocycles. The van der Waals surface area contributed by atoms with Crippen LogP contribution in [0.3, 0.4) is 0 Å². The third-order valence-electron chi connectivity index (χ3n) is 1.47. The number of rotatable bonds is 2. The Morgan fingerprint density at radius 3 is 2.75 bits per heavy atom. The van der Waals surface area contributed by atoms with Crippen LogP contribution in [0.5, 0.6) is 0 Å². The Hall–Kier alpha value is -0.940. The van der Waals surface area contributed by atoms with E-state index < -0.39 is 10.1 Å². The zero-order valence-corrected chi connectivity index (χ0v) is 7.37. The van der Waals surface area contributed by atoms with E-state index in [0.717, 1.165) is 5.56 Å². The maximum Gasteiger partial charge on any atom is 0.312 e. The molecule has 4 nitrogen and oxygen atoms in total. The molecule has 0 unspecified atom stereocenters. The van der Waals surface area contributed by atoms with Crippen LogP contribution >= 0.6 is 0 Å². The molecule has 0 aliphatic rings. The first-order valence-electron chi connectivity index (χ1n) is 3.46. The van der Waals surface area contributed by atoms with Gasteiger partial charge in [-0.25, -0.2) is 4.98 Å². The van der Waals surface area contributed by atoms with Gasteiger partial charge in [0.05, 0.1) is 0 Å². The van der Waals surface area contributed by atoms with Crippen molar-refractivity contribution < 1.29 is 13.0 Å². The van der Waals surface area contributed by atoms with Gasteiger partial charge < -0.3 is 0 Å². The van der Waals surface area contributed by atoms with Crippen molar-refractivity contribution in [2.45, 2.75) is 18.4 Å². The number of hydrogen-bond acceptors (Lipinski definition) is 3. The fraction of sp³-hybridized carbons (Fsp3) is 0.286. The van der Waals surface area contributed by atoms with E-state index in [-0.39, 0.29) is 5.03 Å². The predicted molar refractivity (Wildman–Crippen MR) is 43.4 cm³/mol. The van der Waals surface area contributed by atoms with Crippen LogP contribution in [0.25, 0.3) is 0 Å². The molecule has 0 fully saturated rings. The van der Waals surface area contributed by atoms with Crippen LogP contribution in [-0.4, -0.2) is 18.0 Å². The highest BCUT2D eigenvalue weighted by molar-refractivity contribution is 7.85. The van der Waals surface area contributed by atoms with Crippen LogP contribution < -0.4 is 0 Å².